The number of nitrogens with one attached hydrogen (secondary N) is 1. The van der Waals surface area contributed by atoms with Gasteiger partial charge in [0.05, 0.1) is 0 Å². The number of nitrogens with zero attached hydrogens (tertiary/aromatic N) is 2. The van der Waals surface area contributed by atoms with Gasteiger partial charge in [-0.2, -0.15) is 0 Å². The first-order valence-electron chi connectivity index (χ1n) is 11.1. The van der Waals surface area contributed by atoms with Crippen LogP contribution in [0.25, 0.3) is 0 Å². The van der Waals surface area contributed by atoms with Crippen molar-refractivity contribution in [3.8, 4) is 0 Å². The average molecular weight is 402 g/mol. The lowest BCUT2D eigenvalue weighted by atomic mass is 9.84. The summed E-state index contributed by atoms with van der Waals surface area (Å²) in [7, 11) is 0. The fraction of sp³-hybridized carbons (Fsp3) is 0.652. The number of hydrogen-bond acceptors (Lipinski definition) is 3. The number of carbonyl (C=O) groups is 2. The Hall–Kier alpha value is -1.95. The highest BCUT2D eigenvalue weighted by atomic mass is 19.1. The monoisotopic (exact) mass is 401 g/mol. The molecule has 2 aliphatic carbocycles. The summed E-state index contributed by atoms with van der Waals surface area (Å²) in [6, 6.07) is 3.00. The van der Waals surface area contributed by atoms with Crippen LogP contribution in [-0.2, 0) is 16.1 Å². The molecule has 1 saturated heterocycles. The third-order valence-electron chi connectivity index (χ3n) is 7.00. The summed E-state index contributed by atoms with van der Waals surface area (Å²) in [6.45, 7) is 5.69. The molecule has 5 nitrogen and oxygen atoms in total. The Morgan fingerprint density at radius 1 is 1.00 bits per heavy atom. The minimum atomic E-state index is -0.315. The van der Waals surface area contributed by atoms with Crippen LogP contribution in [-0.4, -0.2) is 47.8 Å². The molecule has 1 N–H and O–H groups in total. The minimum absolute atomic E-state index is 0.00920. The molecule has 29 heavy (non-hydrogen) atoms. The molecule has 158 valence electrons. The fourth-order valence-corrected chi connectivity index (χ4v) is 4.73. The summed E-state index contributed by atoms with van der Waals surface area (Å²) in [5, 5.41) is 2.93. The van der Waals surface area contributed by atoms with Crippen molar-refractivity contribution >= 4 is 17.5 Å². The maximum absolute atomic E-state index is 14.2. The maximum Gasteiger partial charge on any atom is 0.227 e. The van der Waals surface area contributed by atoms with Crippen LogP contribution in [0.15, 0.2) is 12.1 Å². The van der Waals surface area contributed by atoms with E-state index in [0.717, 1.165) is 69.4 Å². The summed E-state index contributed by atoms with van der Waals surface area (Å²) in [5.41, 5.74) is 2.43. The van der Waals surface area contributed by atoms with E-state index in [4.69, 9.17) is 0 Å². The highest BCUT2D eigenvalue weighted by Crippen LogP contribution is 2.30. The van der Waals surface area contributed by atoms with Crippen molar-refractivity contribution in [2.45, 2.75) is 58.4 Å². The number of anilines is 1. The minimum Gasteiger partial charge on any atom is -0.340 e. The van der Waals surface area contributed by atoms with E-state index in [2.05, 4.69) is 10.2 Å². The van der Waals surface area contributed by atoms with Crippen molar-refractivity contribution in [1.29, 1.82) is 0 Å². The highest BCUT2D eigenvalue weighted by molar-refractivity contribution is 5.93. The second-order valence-corrected chi connectivity index (χ2v) is 8.94. The smallest absolute Gasteiger partial charge is 0.227 e. The first-order chi connectivity index (χ1) is 14.0. The van der Waals surface area contributed by atoms with Crippen molar-refractivity contribution in [3.63, 3.8) is 0 Å². The van der Waals surface area contributed by atoms with Crippen molar-refractivity contribution in [2.75, 3.05) is 31.5 Å². The van der Waals surface area contributed by atoms with Gasteiger partial charge < -0.3 is 10.2 Å². The van der Waals surface area contributed by atoms with Gasteiger partial charge in [-0.25, -0.2) is 4.39 Å². The van der Waals surface area contributed by atoms with Crippen LogP contribution in [0.3, 0.4) is 0 Å². The van der Waals surface area contributed by atoms with Crippen LogP contribution in [0.2, 0.25) is 0 Å². The Kier molecular flexibility index (Phi) is 6.18. The third kappa shape index (κ3) is 4.63. The second kappa shape index (κ2) is 8.82. The predicted octanol–water partition coefficient (Wildman–Crippen LogP) is 3.71. The van der Waals surface area contributed by atoms with Gasteiger partial charge in [-0.05, 0) is 55.9 Å². The van der Waals surface area contributed by atoms with Gasteiger partial charge in [-0.15, -0.1) is 0 Å². The molecule has 0 spiro atoms. The molecule has 1 aromatic rings. The van der Waals surface area contributed by atoms with Crippen LogP contribution in [0, 0.1) is 24.6 Å². The zero-order chi connectivity index (χ0) is 20.4. The molecule has 0 radical (unpaired) electrons. The molecule has 0 aromatic heterocycles. The van der Waals surface area contributed by atoms with E-state index in [-0.39, 0.29) is 23.6 Å². The third-order valence-corrected chi connectivity index (χ3v) is 7.00. The second-order valence-electron chi connectivity index (χ2n) is 8.94. The molecule has 3 aliphatic rings. The van der Waals surface area contributed by atoms with Crippen LogP contribution in [0.5, 0.6) is 0 Å². The molecular weight excluding hydrogens is 369 g/mol. The summed E-state index contributed by atoms with van der Waals surface area (Å²) in [6.07, 6.45) is 7.38. The van der Waals surface area contributed by atoms with Gasteiger partial charge in [0, 0.05) is 50.2 Å². The van der Waals surface area contributed by atoms with Crippen LogP contribution >= 0.6 is 0 Å². The van der Waals surface area contributed by atoms with Crippen molar-refractivity contribution in [1.82, 2.24) is 9.80 Å². The van der Waals surface area contributed by atoms with Crippen molar-refractivity contribution in [3.05, 3.63) is 29.1 Å². The Balaban J connectivity index is 1.35. The Morgan fingerprint density at radius 2 is 1.66 bits per heavy atom. The topological polar surface area (TPSA) is 52.6 Å². The number of rotatable bonds is 5. The van der Waals surface area contributed by atoms with Gasteiger partial charge in [0.1, 0.15) is 5.82 Å². The zero-order valence-electron chi connectivity index (χ0n) is 17.4. The standard InChI is InChI=1S/C23H32FN3O2/c1-16-19(13-20(24)14-21(16)25-22(28)17-7-4-8-17)15-26-9-11-27(12-10-26)23(29)18-5-2-3-6-18/h13-14,17-18H,2-12,15H2,1H3,(H,25,28). The van der Waals surface area contributed by atoms with Gasteiger partial charge in [0.25, 0.3) is 0 Å². The first kappa shape index (κ1) is 20.3. The number of carbonyl (C=O) groups excluding carboxylic acids is 2. The van der Waals surface area contributed by atoms with E-state index < -0.39 is 0 Å². The van der Waals surface area contributed by atoms with E-state index in [1.807, 2.05) is 11.8 Å². The van der Waals surface area contributed by atoms with E-state index >= 15 is 0 Å². The zero-order valence-corrected chi connectivity index (χ0v) is 17.4. The number of halogens is 1. The molecule has 1 aromatic carbocycles. The van der Waals surface area contributed by atoms with Crippen molar-refractivity contribution < 1.29 is 14.0 Å². The van der Waals surface area contributed by atoms with E-state index in [0.29, 0.717) is 18.1 Å². The lowest BCUT2D eigenvalue weighted by Crippen LogP contribution is -2.49. The lowest BCUT2D eigenvalue weighted by Gasteiger charge is -2.36. The maximum atomic E-state index is 14.2. The van der Waals surface area contributed by atoms with Gasteiger partial charge in [-0.1, -0.05) is 19.3 Å². The Bertz CT molecular complexity index is 764. The molecule has 0 unspecified atom stereocenters. The summed E-state index contributed by atoms with van der Waals surface area (Å²) < 4.78 is 14.2. The van der Waals surface area contributed by atoms with Gasteiger partial charge in [-0.3, -0.25) is 14.5 Å². The quantitative estimate of drug-likeness (QED) is 0.818. The van der Waals surface area contributed by atoms with E-state index in [1.54, 1.807) is 6.07 Å². The lowest BCUT2D eigenvalue weighted by molar-refractivity contribution is -0.137. The molecule has 1 heterocycles. The average Bonchev–Trinajstić information content (AvgIpc) is 3.19. The van der Waals surface area contributed by atoms with Crippen LogP contribution in [0.4, 0.5) is 10.1 Å². The number of piperazine rings is 1. The summed E-state index contributed by atoms with van der Waals surface area (Å²) >= 11 is 0. The molecule has 2 saturated carbocycles. The first-order valence-corrected chi connectivity index (χ1v) is 11.1. The number of amides is 2. The molecule has 1 aliphatic heterocycles. The number of benzene rings is 1. The Labute approximate surface area is 172 Å². The molecule has 0 bridgehead atoms. The molecule has 2 amide bonds. The van der Waals surface area contributed by atoms with Crippen LogP contribution in [0.1, 0.15) is 56.1 Å². The normalized spacial score (nSPS) is 21.2. The number of hydrogen-bond donors (Lipinski definition) is 1. The van der Waals surface area contributed by atoms with Crippen LogP contribution < -0.4 is 5.32 Å². The Morgan fingerprint density at radius 3 is 2.28 bits per heavy atom. The van der Waals surface area contributed by atoms with Gasteiger partial charge >= 0.3 is 0 Å². The molecular formula is C23H32FN3O2. The van der Waals surface area contributed by atoms with E-state index in [9.17, 15) is 14.0 Å². The largest absolute Gasteiger partial charge is 0.340 e. The molecule has 0 atom stereocenters. The summed E-state index contributed by atoms with van der Waals surface area (Å²) in [4.78, 5) is 29.2. The molecule has 6 heteroatoms. The highest BCUT2D eigenvalue weighted by Gasteiger charge is 2.30. The molecule has 3 fully saturated rings. The molecule has 4 rings (SSSR count). The van der Waals surface area contributed by atoms with E-state index in [1.165, 1.54) is 18.9 Å². The SMILES string of the molecule is Cc1c(CN2CCN(C(=O)C3CCCC3)CC2)cc(F)cc1NC(=O)C1CCC1. The van der Waals surface area contributed by atoms with Gasteiger partial charge in [0.15, 0.2) is 0 Å². The van der Waals surface area contributed by atoms with Gasteiger partial charge in [0.2, 0.25) is 11.8 Å². The fourth-order valence-electron chi connectivity index (χ4n) is 4.73. The van der Waals surface area contributed by atoms with Crippen molar-refractivity contribution in [2.24, 2.45) is 11.8 Å². The predicted molar refractivity (Wildman–Crippen MR) is 111 cm³/mol. The summed E-state index contributed by atoms with van der Waals surface area (Å²) in [5.74, 6) is 0.324.